The maximum Gasteiger partial charge on any atom is 0.00387 e. The van der Waals surface area contributed by atoms with Crippen LogP contribution in [0.4, 0.5) is 0 Å². The van der Waals surface area contributed by atoms with E-state index in [4.69, 9.17) is 5.73 Å². The molecule has 14 heavy (non-hydrogen) atoms. The second-order valence-electron chi connectivity index (χ2n) is 3.75. The van der Waals surface area contributed by atoms with Gasteiger partial charge in [0.05, 0.1) is 0 Å². The molecule has 1 atom stereocenters. The lowest BCUT2D eigenvalue weighted by molar-refractivity contribution is 0.512. The lowest BCUT2D eigenvalue weighted by Gasteiger charge is -2.08. The molecule has 0 saturated heterocycles. The third kappa shape index (κ3) is 15.0. The predicted octanol–water partition coefficient (Wildman–Crippen LogP) is 4.32. The zero-order chi connectivity index (χ0) is 9.23. The summed E-state index contributed by atoms with van der Waals surface area (Å²) in [4.78, 5) is 0. The van der Waals surface area contributed by atoms with Crippen LogP contribution in [0.5, 0.6) is 0 Å². The van der Waals surface area contributed by atoms with Crippen molar-refractivity contribution in [2.24, 2.45) is 5.73 Å². The molecule has 0 aromatic carbocycles. The standard InChI is InChI=1S/C11H25N.2ClH/c1-3-5-6-7-8-10-11(12)9-4-2;;/h11H,3-10,12H2,1-2H3;2*1H. The van der Waals surface area contributed by atoms with Crippen molar-refractivity contribution < 1.29 is 0 Å². The molecule has 1 nitrogen and oxygen atoms in total. The topological polar surface area (TPSA) is 26.0 Å². The Morgan fingerprint density at radius 1 is 0.786 bits per heavy atom. The van der Waals surface area contributed by atoms with Gasteiger partial charge in [0.2, 0.25) is 0 Å². The molecule has 0 aliphatic carbocycles. The summed E-state index contributed by atoms with van der Waals surface area (Å²) >= 11 is 0. The summed E-state index contributed by atoms with van der Waals surface area (Å²) in [6.45, 7) is 4.46. The van der Waals surface area contributed by atoms with Gasteiger partial charge in [-0.15, -0.1) is 24.8 Å². The van der Waals surface area contributed by atoms with E-state index >= 15 is 0 Å². The van der Waals surface area contributed by atoms with Gasteiger partial charge in [-0.3, -0.25) is 0 Å². The first-order valence-electron chi connectivity index (χ1n) is 5.56. The molecule has 0 aliphatic rings. The van der Waals surface area contributed by atoms with Gasteiger partial charge in [-0.05, 0) is 12.8 Å². The monoisotopic (exact) mass is 243 g/mol. The van der Waals surface area contributed by atoms with E-state index in [1.54, 1.807) is 0 Å². The molecular formula is C11H27Cl2N. The molecule has 0 amide bonds. The third-order valence-corrected chi connectivity index (χ3v) is 2.34. The fourth-order valence-corrected chi connectivity index (χ4v) is 1.53. The Bertz CT molecular complexity index is 89.4. The zero-order valence-corrected chi connectivity index (χ0v) is 11.3. The first-order chi connectivity index (χ1) is 5.81. The Morgan fingerprint density at radius 2 is 1.36 bits per heavy atom. The molecule has 0 radical (unpaired) electrons. The largest absolute Gasteiger partial charge is 0.328 e. The second kappa shape index (κ2) is 16.0. The normalized spacial score (nSPS) is 11.4. The summed E-state index contributed by atoms with van der Waals surface area (Å²) in [5, 5.41) is 0. The summed E-state index contributed by atoms with van der Waals surface area (Å²) in [6.07, 6.45) is 10.5. The SMILES string of the molecule is CCCCCCCC(N)CCC.Cl.Cl. The van der Waals surface area contributed by atoms with Crippen molar-refractivity contribution in [3.05, 3.63) is 0 Å². The Hall–Kier alpha value is 0.540. The van der Waals surface area contributed by atoms with E-state index in [2.05, 4.69) is 13.8 Å². The highest BCUT2D eigenvalue weighted by molar-refractivity contribution is 5.85. The minimum atomic E-state index is 0. The average molecular weight is 244 g/mol. The first-order valence-corrected chi connectivity index (χ1v) is 5.56. The van der Waals surface area contributed by atoms with E-state index in [0.717, 1.165) is 0 Å². The Morgan fingerprint density at radius 3 is 1.86 bits per heavy atom. The molecule has 3 heteroatoms. The van der Waals surface area contributed by atoms with Crippen LogP contribution in [0.2, 0.25) is 0 Å². The maximum absolute atomic E-state index is 5.90. The van der Waals surface area contributed by atoms with Gasteiger partial charge in [-0.1, -0.05) is 52.4 Å². The fourth-order valence-electron chi connectivity index (χ4n) is 1.53. The van der Waals surface area contributed by atoms with E-state index in [1.165, 1.54) is 51.4 Å². The van der Waals surface area contributed by atoms with Gasteiger partial charge in [0.25, 0.3) is 0 Å². The van der Waals surface area contributed by atoms with Crippen LogP contribution in [0.25, 0.3) is 0 Å². The van der Waals surface area contributed by atoms with Crippen LogP contribution in [0.1, 0.15) is 65.2 Å². The van der Waals surface area contributed by atoms with Crippen molar-refractivity contribution in [3.8, 4) is 0 Å². The van der Waals surface area contributed by atoms with E-state index in [9.17, 15) is 0 Å². The molecule has 0 bridgehead atoms. The molecule has 0 aliphatic heterocycles. The molecular weight excluding hydrogens is 217 g/mol. The number of halogens is 2. The van der Waals surface area contributed by atoms with Crippen molar-refractivity contribution in [1.29, 1.82) is 0 Å². The zero-order valence-electron chi connectivity index (χ0n) is 9.63. The highest BCUT2D eigenvalue weighted by Gasteiger charge is 1.99. The number of nitrogens with two attached hydrogens (primary N) is 1. The van der Waals surface area contributed by atoms with Crippen LogP contribution >= 0.6 is 24.8 Å². The Balaban J connectivity index is -0.000000605. The van der Waals surface area contributed by atoms with Gasteiger partial charge in [0.1, 0.15) is 0 Å². The predicted molar refractivity (Wildman–Crippen MR) is 70.8 cm³/mol. The highest BCUT2D eigenvalue weighted by atomic mass is 35.5. The maximum atomic E-state index is 5.90. The van der Waals surface area contributed by atoms with Gasteiger partial charge in [-0.2, -0.15) is 0 Å². The molecule has 0 rings (SSSR count). The molecule has 0 fully saturated rings. The molecule has 0 heterocycles. The Labute approximate surface area is 102 Å². The smallest absolute Gasteiger partial charge is 0.00387 e. The number of hydrogen-bond acceptors (Lipinski definition) is 1. The van der Waals surface area contributed by atoms with Crippen molar-refractivity contribution in [2.75, 3.05) is 0 Å². The van der Waals surface area contributed by atoms with Crippen molar-refractivity contribution in [2.45, 2.75) is 71.3 Å². The van der Waals surface area contributed by atoms with Crippen LogP contribution in [0.3, 0.4) is 0 Å². The highest BCUT2D eigenvalue weighted by Crippen LogP contribution is 2.08. The molecule has 0 aromatic rings. The van der Waals surface area contributed by atoms with Crippen molar-refractivity contribution >= 4 is 24.8 Å². The van der Waals surface area contributed by atoms with Crippen molar-refractivity contribution in [1.82, 2.24) is 0 Å². The molecule has 1 unspecified atom stereocenters. The van der Waals surface area contributed by atoms with Gasteiger partial charge in [0.15, 0.2) is 0 Å². The van der Waals surface area contributed by atoms with Crippen LogP contribution in [0, 0.1) is 0 Å². The molecule has 0 aromatic heterocycles. The van der Waals surface area contributed by atoms with E-state index in [1.807, 2.05) is 0 Å². The minimum absolute atomic E-state index is 0. The molecule has 0 spiro atoms. The van der Waals surface area contributed by atoms with E-state index in [0.29, 0.717) is 6.04 Å². The average Bonchev–Trinajstić information content (AvgIpc) is 2.05. The van der Waals surface area contributed by atoms with Crippen molar-refractivity contribution in [3.63, 3.8) is 0 Å². The number of hydrogen-bond donors (Lipinski definition) is 1. The second-order valence-corrected chi connectivity index (χ2v) is 3.75. The molecule has 90 valence electrons. The lowest BCUT2D eigenvalue weighted by Crippen LogP contribution is -2.18. The molecule has 2 N–H and O–H groups in total. The van der Waals surface area contributed by atoms with Gasteiger partial charge >= 0.3 is 0 Å². The van der Waals surface area contributed by atoms with E-state index in [-0.39, 0.29) is 24.8 Å². The summed E-state index contributed by atoms with van der Waals surface area (Å²) in [7, 11) is 0. The van der Waals surface area contributed by atoms with Crippen LogP contribution in [-0.4, -0.2) is 6.04 Å². The van der Waals surface area contributed by atoms with Crippen LogP contribution in [-0.2, 0) is 0 Å². The van der Waals surface area contributed by atoms with Gasteiger partial charge in [-0.25, -0.2) is 0 Å². The van der Waals surface area contributed by atoms with Crippen LogP contribution in [0.15, 0.2) is 0 Å². The molecule has 0 saturated carbocycles. The summed E-state index contributed by atoms with van der Waals surface area (Å²) in [5.74, 6) is 0. The summed E-state index contributed by atoms with van der Waals surface area (Å²) in [6, 6.07) is 0.469. The van der Waals surface area contributed by atoms with Gasteiger partial charge < -0.3 is 5.73 Å². The lowest BCUT2D eigenvalue weighted by atomic mass is 10.0. The van der Waals surface area contributed by atoms with Crippen LogP contribution < -0.4 is 5.73 Å². The van der Waals surface area contributed by atoms with Gasteiger partial charge in [0, 0.05) is 6.04 Å². The quantitative estimate of drug-likeness (QED) is 0.632. The van der Waals surface area contributed by atoms with E-state index < -0.39 is 0 Å². The Kier molecular flexibility index (Phi) is 22.9. The third-order valence-electron chi connectivity index (χ3n) is 2.34. The summed E-state index contributed by atoms with van der Waals surface area (Å²) in [5.41, 5.74) is 5.90. The summed E-state index contributed by atoms with van der Waals surface area (Å²) < 4.78 is 0. The number of rotatable bonds is 8. The first kappa shape index (κ1) is 20.0. The number of unbranched alkanes of at least 4 members (excludes halogenated alkanes) is 4. The minimum Gasteiger partial charge on any atom is -0.328 e. The fraction of sp³-hybridized carbons (Fsp3) is 1.00.